The van der Waals surface area contributed by atoms with E-state index in [1.165, 1.54) is 11.8 Å². The Bertz CT molecular complexity index is 752. The zero-order valence-electron chi connectivity index (χ0n) is 14.3. The number of aromatic nitrogens is 2. The Balaban J connectivity index is 1.89. The molecule has 0 saturated heterocycles. The minimum absolute atomic E-state index is 0.114. The van der Waals surface area contributed by atoms with Crippen molar-refractivity contribution in [3.8, 4) is 11.1 Å². The minimum atomic E-state index is -0.114. The Kier molecular flexibility index (Phi) is 7.49. The third-order valence-electron chi connectivity index (χ3n) is 3.46. The molecule has 6 N–H and O–H groups in total. The third kappa shape index (κ3) is 6.24. The van der Waals surface area contributed by atoms with Crippen LogP contribution in [0.4, 0.5) is 0 Å². The molecule has 0 radical (unpaired) electrons. The largest absolute Gasteiger partial charge is 0.370 e. The molecule has 0 saturated carbocycles. The Labute approximate surface area is 151 Å². The van der Waals surface area contributed by atoms with Gasteiger partial charge in [0.25, 0.3) is 5.56 Å². The summed E-state index contributed by atoms with van der Waals surface area (Å²) in [4.78, 5) is 23.2. The lowest BCUT2D eigenvalue weighted by atomic mass is 10.1. The topological polar surface area (TPSA) is 122 Å². The van der Waals surface area contributed by atoms with Crippen LogP contribution in [0.5, 0.6) is 0 Å². The molecule has 0 atom stereocenters. The van der Waals surface area contributed by atoms with Gasteiger partial charge in [-0.15, -0.1) is 0 Å². The zero-order valence-corrected chi connectivity index (χ0v) is 15.1. The van der Waals surface area contributed by atoms with Gasteiger partial charge in [0.2, 0.25) is 0 Å². The Morgan fingerprint density at radius 2 is 2.08 bits per heavy atom. The molecule has 2 aromatic rings. The van der Waals surface area contributed by atoms with Crippen LogP contribution in [0.25, 0.3) is 11.1 Å². The van der Waals surface area contributed by atoms with Gasteiger partial charge in [-0.1, -0.05) is 43.0 Å². The molecule has 7 nitrogen and oxygen atoms in total. The normalized spacial score (nSPS) is 10.6. The maximum atomic E-state index is 12.2. The van der Waals surface area contributed by atoms with Crippen molar-refractivity contribution in [2.75, 3.05) is 18.8 Å². The number of aromatic amines is 1. The van der Waals surface area contributed by atoms with Gasteiger partial charge in [0, 0.05) is 19.3 Å². The number of nitrogens with two attached hydrogens (primary N) is 2. The van der Waals surface area contributed by atoms with E-state index >= 15 is 0 Å². The van der Waals surface area contributed by atoms with E-state index in [-0.39, 0.29) is 11.5 Å². The maximum absolute atomic E-state index is 12.2. The molecule has 0 aliphatic heterocycles. The van der Waals surface area contributed by atoms with Crippen LogP contribution >= 0.6 is 11.8 Å². The predicted molar refractivity (Wildman–Crippen MR) is 104 cm³/mol. The molecular formula is C17H24N6OS. The van der Waals surface area contributed by atoms with Crippen LogP contribution in [0.1, 0.15) is 18.9 Å². The fourth-order valence-corrected chi connectivity index (χ4v) is 2.81. The molecule has 25 heavy (non-hydrogen) atoms. The molecule has 1 aromatic carbocycles. The lowest BCUT2D eigenvalue weighted by molar-refractivity contribution is 0.655. The van der Waals surface area contributed by atoms with Crippen LogP contribution in [0.15, 0.2) is 45.4 Å². The maximum Gasteiger partial charge on any atom is 0.259 e. The van der Waals surface area contributed by atoms with Gasteiger partial charge >= 0.3 is 0 Å². The Hall–Kier alpha value is -2.32. The van der Waals surface area contributed by atoms with Gasteiger partial charge in [-0.25, -0.2) is 4.98 Å². The highest BCUT2D eigenvalue weighted by Crippen LogP contribution is 2.17. The highest BCUT2D eigenvalue weighted by molar-refractivity contribution is 7.99. The smallest absolute Gasteiger partial charge is 0.259 e. The molecule has 2 rings (SSSR count). The molecular weight excluding hydrogens is 336 g/mol. The number of nitrogens with one attached hydrogen (secondary N) is 2. The number of hydrogen-bond acceptors (Lipinski definition) is 5. The average molecular weight is 360 g/mol. The molecule has 0 fully saturated rings. The number of rotatable bonds is 9. The molecule has 0 unspecified atom stereocenters. The monoisotopic (exact) mass is 360 g/mol. The first kappa shape index (κ1) is 19.0. The average Bonchev–Trinajstić information content (AvgIpc) is 2.59. The van der Waals surface area contributed by atoms with Crippen LogP contribution in [-0.2, 0) is 6.54 Å². The summed E-state index contributed by atoms with van der Waals surface area (Å²) in [5.74, 6) is 0.997. The number of H-pyrrole nitrogens is 1. The second kappa shape index (κ2) is 9.85. The number of hydrogen-bond donors (Lipinski definition) is 4. The van der Waals surface area contributed by atoms with Crippen molar-refractivity contribution in [3.05, 3.63) is 46.4 Å². The van der Waals surface area contributed by atoms with Gasteiger partial charge in [-0.3, -0.25) is 9.79 Å². The van der Waals surface area contributed by atoms with Gasteiger partial charge in [-0.2, -0.15) is 0 Å². The summed E-state index contributed by atoms with van der Waals surface area (Å²) in [7, 11) is 0. The van der Waals surface area contributed by atoms with Crippen molar-refractivity contribution in [1.29, 1.82) is 0 Å². The Morgan fingerprint density at radius 1 is 1.32 bits per heavy atom. The quantitative estimate of drug-likeness (QED) is 0.176. The second-order valence-corrected chi connectivity index (χ2v) is 6.65. The Morgan fingerprint density at radius 3 is 2.72 bits per heavy atom. The fraction of sp³-hybridized carbons (Fsp3) is 0.353. The van der Waals surface area contributed by atoms with Gasteiger partial charge in [-0.05, 0) is 29.8 Å². The van der Waals surface area contributed by atoms with Gasteiger partial charge < -0.3 is 21.8 Å². The first-order valence-corrected chi connectivity index (χ1v) is 9.16. The van der Waals surface area contributed by atoms with Gasteiger partial charge in [0.15, 0.2) is 11.1 Å². The lowest BCUT2D eigenvalue weighted by Crippen LogP contribution is -2.23. The van der Waals surface area contributed by atoms with Crippen molar-refractivity contribution in [1.82, 2.24) is 15.3 Å². The second-order valence-electron chi connectivity index (χ2n) is 5.40. The first-order valence-electron chi connectivity index (χ1n) is 8.17. The van der Waals surface area contributed by atoms with Crippen molar-refractivity contribution in [3.63, 3.8) is 0 Å². The number of thioether (sulfide) groups is 1. The standard InChI is InChI=1S/C17H24N6OS/c1-2-25-17-22-11-14(15(24)23-17)13-6-4-12(5-7-13)10-20-8-3-9-21-16(18)19/h4-7,11,20H,2-3,8-10H2,1H3,(H4,18,19,21)(H,22,23,24). The van der Waals surface area contributed by atoms with E-state index in [4.69, 9.17) is 11.5 Å². The number of nitrogens with zero attached hydrogens (tertiary/aromatic N) is 2. The summed E-state index contributed by atoms with van der Waals surface area (Å²) in [5, 5.41) is 3.98. The molecule has 0 bridgehead atoms. The molecule has 0 amide bonds. The minimum Gasteiger partial charge on any atom is -0.370 e. The fourth-order valence-electron chi connectivity index (χ4n) is 2.24. The van der Waals surface area contributed by atoms with Gasteiger partial charge in [0.05, 0.1) is 5.56 Å². The molecule has 0 aliphatic rings. The van der Waals surface area contributed by atoms with E-state index in [1.807, 2.05) is 31.2 Å². The number of benzene rings is 1. The highest BCUT2D eigenvalue weighted by Gasteiger charge is 2.05. The predicted octanol–water partition coefficient (Wildman–Crippen LogP) is 1.30. The summed E-state index contributed by atoms with van der Waals surface area (Å²) >= 11 is 1.52. The molecule has 1 heterocycles. The van der Waals surface area contributed by atoms with E-state index in [1.54, 1.807) is 6.20 Å². The van der Waals surface area contributed by atoms with Crippen molar-refractivity contribution in [2.45, 2.75) is 25.0 Å². The van der Waals surface area contributed by atoms with Crippen LogP contribution in [0, 0.1) is 0 Å². The lowest BCUT2D eigenvalue weighted by Gasteiger charge is -2.06. The molecule has 0 aliphatic carbocycles. The molecule has 8 heteroatoms. The molecule has 134 valence electrons. The zero-order chi connectivity index (χ0) is 18.1. The van der Waals surface area contributed by atoms with E-state index in [0.717, 1.165) is 36.4 Å². The van der Waals surface area contributed by atoms with Gasteiger partial charge in [0.1, 0.15) is 0 Å². The SMILES string of the molecule is CCSc1ncc(-c2ccc(CNCCCN=C(N)N)cc2)c(=O)[nH]1. The van der Waals surface area contributed by atoms with E-state index in [9.17, 15) is 4.79 Å². The van der Waals surface area contributed by atoms with Crippen LogP contribution < -0.4 is 22.3 Å². The van der Waals surface area contributed by atoms with Crippen molar-refractivity contribution < 1.29 is 0 Å². The van der Waals surface area contributed by atoms with E-state index in [0.29, 0.717) is 17.3 Å². The van der Waals surface area contributed by atoms with Crippen LogP contribution in [0.3, 0.4) is 0 Å². The third-order valence-corrected chi connectivity index (χ3v) is 4.23. The van der Waals surface area contributed by atoms with Crippen molar-refractivity contribution >= 4 is 17.7 Å². The van der Waals surface area contributed by atoms with Crippen molar-refractivity contribution in [2.24, 2.45) is 16.5 Å². The summed E-state index contributed by atoms with van der Waals surface area (Å²) < 4.78 is 0. The van der Waals surface area contributed by atoms with E-state index < -0.39 is 0 Å². The molecule has 1 aromatic heterocycles. The number of guanidine groups is 1. The van der Waals surface area contributed by atoms with Crippen LogP contribution in [-0.4, -0.2) is 34.8 Å². The first-order chi connectivity index (χ1) is 12.1. The highest BCUT2D eigenvalue weighted by atomic mass is 32.2. The van der Waals surface area contributed by atoms with E-state index in [2.05, 4.69) is 20.3 Å². The summed E-state index contributed by atoms with van der Waals surface area (Å²) in [6, 6.07) is 7.89. The number of aliphatic imine (C=N–C) groups is 1. The summed E-state index contributed by atoms with van der Waals surface area (Å²) in [6.07, 6.45) is 2.51. The molecule has 0 spiro atoms. The van der Waals surface area contributed by atoms with Crippen LogP contribution in [0.2, 0.25) is 0 Å². The summed E-state index contributed by atoms with van der Waals surface area (Å²) in [5.41, 5.74) is 13.0. The summed E-state index contributed by atoms with van der Waals surface area (Å²) in [6.45, 7) is 4.23.